The first-order valence-corrected chi connectivity index (χ1v) is 5.83. The molecular formula is C10H13F2N7. The van der Waals surface area contributed by atoms with E-state index >= 15 is 0 Å². The van der Waals surface area contributed by atoms with Crippen molar-refractivity contribution in [2.45, 2.75) is 18.5 Å². The summed E-state index contributed by atoms with van der Waals surface area (Å²) in [6, 6.07) is -0.448. The number of nitrogens with zero attached hydrogens (tertiary/aromatic N) is 5. The molecule has 0 unspecified atom stereocenters. The van der Waals surface area contributed by atoms with Crippen molar-refractivity contribution in [3.8, 4) is 0 Å². The zero-order chi connectivity index (χ0) is 13.6. The second kappa shape index (κ2) is 4.35. The van der Waals surface area contributed by atoms with Crippen molar-refractivity contribution in [2.24, 2.45) is 5.84 Å². The molecule has 102 valence electrons. The Hall–Kier alpha value is -1.87. The highest BCUT2D eigenvalue weighted by atomic mass is 19.1. The van der Waals surface area contributed by atoms with Crippen LogP contribution < -0.4 is 11.6 Å². The van der Waals surface area contributed by atoms with Crippen LogP contribution in [0.15, 0.2) is 6.33 Å². The summed E-state index contributed by atoms with van der Waals surface area (Å²) < 4.78 is 27.6. The van der Waals surface area contributed by atoms with E-state index in [1.807, 2.05) is 0 Å². The highest BCUT2D eigenvalue weighted by Gasteiger charge is 2.32. The number of imidazole rings is 1. The Labute approximate surface area is 107 Å². The van der Waals surface area contributed by atoms with Crippen LogP contribution in [0, 0.1) is 6.08 Å². The third-order valence-electron chi connectivity index (χ3n) is 3.43. The second-order valence-corrected chi connectivity index (χ2v) is 4.60. The lowest BCUT2D eigenvalue weighted by molar-refractivity contribution is 0.218. The Morgan fingerprint density at radius 2 is 2.21 bits per heavy atom. The minimum Gasteiger partial charge on any atom is -0.382 e. The molecule has 3 heterocycles. The minimum absolute atomic E-state index is 0.00843. The molecule has 3 rings (SSSR count). The fourth-order valence-corrected chi connectivity index (χ4v) is 2.45. The van der Waals surface area contributed by atoms with Crippen LogP contribution in [0.3, 0.4) is 0 Å². The van der Waals surface area contributed by atoms with Crippen LogP contribution in [-0.4, -0.2) is 43.8 Å². The molecule has 1 fully saturated rings. The van der Waals surface area contributed by atoms with Gasteiger partial charge in [-0.2, -0.15) is 14.4 Å². The van der Waals surface area contributed by atoms with Gasteiger partial charge in [-0.1, -0.05) is 0 Å². The van der Waals surface area contributed by atoms with E-state index in [-0.39, 0.29) is 17.9 Å². The van der Waals surface area contributed by atoms with Gasteiger partial charge < -0.3 is 10.3 Å². The van der Waals surface area contributed by atoms with Crippen molar-refractivity contribution >= 4 is 17.0 Å². The Balaban J connectivity index is 2.02. The molecule has 7 nitrogen and oxygen atoms in total. The van der Waals surface area contributed by atoms with Gasteiger partial charge in [0.15, 0.2) is 11.5 Å². The lowest BCUT2D eigenvalue weighted by Crippen LogP contribution is -2.37. The molecule has 1 aliphatic rings. The van der Waals surface area contributed by atoms with Gasteiger partial charge in [-0.15, -0.1) is 0 Å². The van der Waals surface area contributed by atoms with Gasteiger partial charge in [-0.3, -0.25) is 5.84 Å². The zero-order valence-electron chi connectivity index (χ0n) is 10.0. The van der Waals surface area contributed by atoms with E-state index < -0.39 is 12.8 Å². The molecule has 1 aliphatic heterocycles. The molecule has 2 atom stereocenters. The number of hydrogen-bond donors (Lipinski definition) is 2. The summed E-state index contributed by atoms with van der Waals surface area (Å²) in [7, 11) is 0. The molecule has 0 spiro atoms. The summed E-state index contributed by atoms with van der Waals surface area (Å²) in [5, 5.41) is 1.44. The normalized spacial score (nSPS) is 24.4. The fourth-order valence-electron chi connectivity index (χ4n) is 2.45. The van der Waals surface area contributed by atoms with Gasteiger partial charge in [0.05, 0.1) is 18.4 Å². The number of rotatable bonds is 2. The molecule has 0 radical (unpaired) electrons. The van der Waals surface area contributed by atoms with E-state index in [0.717, 1.165) is 0 Å². The molecule has 0 saturated carbocycles. The van der Waals surface area contributed by atoms with E-state index in [1.54, 1.807) is 4.57 Å². The van der Waals surface area contributed by atoms with Crippen molar-refractivity contribution < 1.29 is 8.78 Å². The van der Waals surface area contributed by atoms with Crippen LogP contribution >= 0.6 is 0 Å². The van der Waals surface area contributed by atoms with Crippen LogP contribution in [-0.2, 0) is 0 Å². The molecule has 2 aromatic rings. The van der Waals surface area contributed by atoms with E-state index in [0.29, 0.717) is 24.1 Å². The largest absolute Gasteiger partial charge is 0.382 e. The van der Waals surface area contributed by atoms with Gasteiger partial charge >= 0.3 is 6.08 Å². The molecule has 2 aromatic heterocycles. The summed E-state index contributed by atoms with van der Waals surface area (Å²) in [5.41, 5.74) is 6.24. The smallest absolute Gasteiger partial charge is 0.312 e. The van der Waals surface area contributed by atoms with Crippen molar-refractivity contribution in [1.82, 2.24) is 24.5 Å². The first kappa shape index (κ1) is 12.2. The standard InChI is InChI=1S/C10H13F2N7/c11-2-5-1-6(3-19(5)14)18-4-15-7-8(13)16-10(12)17-9(7)18/h4-6H,1-3,14H2,(H2,13,16,17)/t5-,6+/m1/s1. The zero-order valence-corrected chi connectivity index (χ0v) is 10.0. The van der Waals surface area contributed by atoms with Crippen molar-refractivity contribution in [3.63, 3.8) is 0 Å². The van der Waals surface area contributed by atoms with Gasteiger partial charge in [-0.25, -0.2) is 14.4 Å². The fraction of sp³-hybridized carbons (Fsp3) is 0.500. The summed E-state index contributed by atoms with van der Waals surface area (Å²) in [6.45, 7) is -0.0727. The number of alkyl halides is 1. The molecule has 1 saturated heterocycles. The predicted molar refractivity (Wildman–Crippen MR) is 64.0 cm³/mol. The molecular weight excluding hydrogens is 256 g/mol. The Kier molecular flexibility index (Phi) is 2.79. The van der Waals surface area contributed by atoms with Crippen molar-refractivity contribution in [1.29, 1.82) is 0 Å². The van der Waals surface area contributed by atoms with E-state index in [1.165, 1.54) is 11.3 Å². The van der Waals surface area contributed by atoms with Gasteiger partial charge in [0.25, 0.3) is 0 Å². The van der Waals surface area contributed by atoms with E-state index in [9.17, 15) is 8.78 Å². The molecule has 0 amide bonds. The van der Waals surface area contributed by atoms with Crippen LogP contribution in [0.5, 0.6) is 0 Å². The number of anilines is 1. The minimum atomic E-state index is -0.906. The van der Waals surface area contributed by atoms with E-state index in [4.69, 9.17) is 11.6 Å². The van der Waals surface area contributed by atoms with Crippen LogP contribution in [0.2, 0.25) is 0 Å². The van der Waals surface area contributed by atoms with Crippen molar-refractivity contribution in [3.05, 3.63) is 12.4 Å². The molecule has 0 aromatic carbocycles. The Bertz CT molecular complexity index is 613. The number of nitrogen functional groups attached to an aromatic ring is 1. The topological polar surface area (TPSA) is 98.9 Å². The van der Waals surface area contributed by atoms with Gasteiger partial charge in [0.1, 0.15) is 12.2 Å². The summed E-state index contributed by atoms with van der Waals surface area (Å²) in [4.78, 5) is 11.2. The maximum absolute atomic E-state index is 13.2. The second-order valence-electron chi connectivity index (χ2n) is 4.60. The van der Waals surface area contributed by atoms with Gasteiger partial charge in [0.2, 0.25) is 0 Å². The highest BCUT2D eigenvalue weighted by Crippen LogP contribution is 2.28. The summed E-state index contributed by atoms with van der Waals surface area (Å²) in [6.07, 6.45) is 1.12. The third-order valence-corrected chi connectivity index (χ3v) is 3.43. The first-order chi connectivity index (χ1) is 9.10. The number of hydrazine groups is 1. The molecule has 0 bridgehead atoms. The van der Waals surface area contributed by atoms with Gasteiger partial charge in [0, 0.05) is 6.54 Å². The lowest BCUT2D eigenvalue weighted by Gasteiger charge is -2.13. The SMILES string of the molecule is Nc1nc(F)nc2c1ncn2[C@H]1C[C@H](CF)N(N)C1. The molecule has 19 heavy (non-hydrogen) atoms. The Morgan fingerprint density at radius 3 is 2.89 bits per heavy atom. The summed E-state index contributed by atoms with van der Waals surface area (Å²) in [5.74, 6) is 5.71. The molecule has 9 heteroatoms. The first-order valence-electron chi connectivity index (χ1n) is 5.83. The molecule has 4 N–H and O–H groups in total. The van der Waals surface area contributed by atoms with Crippen LogP contribution in [0.1, 0.15) is 12.5 Å². The number of halogens is 2. The summed E-state index contributed by atoms with van der Waals surface area (Å²) >= 11 is 0. The maximum Gasteiger partial charge on any atom is 0.312 e. The van der Waals surface area contributed by atoms with E-state index in [2.05, 4.69) is 15.0 Å². The molecule has 0 aliphatic carbocycles. The van der Waals surface area contributed by atoms with Crippen LogP contribution in [0.4, 0.5) is 14.6 Å². The third kappa shape index (κ3) is 1.90. The Morgan fingerprint density at radius 1 is 1.42 bits per heavy atom. The number of hydrogen-bond acceptors (Lipinski definition) is 6. The maximum atomic E-state index is 13.2. The average Bonchev–Trinajstić information content (AvgIpc) is 2.92. The highest BCUT2D eigenvalue weighted by molar-refractivity contribution is 5.81. The monoisotopic (exact) mass is 269 g/mol. The van der Waals surface area contributed by atoms with Crippen LogP contribution in [0.25, 0.3) is 11.2 Å². The average molecular weight is 269 g/mol. The van der Waals surface area contributed by atoms with Crippen molar-refractivity contribution in [2.75, 3.05) is 19.0 Å². The quantitative estimate of drug-likeness (QED) is 0.588. The number of fused-ring (bicyclic) bond motifs is 1. The number of aromatic nitrogens is 4. The predicted octanol–water partition coefficient (Wildman–Crippen LogP) is 0.00620. The number of nitrogens with two attached hydrogens (primary N) is 2. The lowest BCUT2D eigenvalue weighted by atomic mass is 10.2. The van der Waals surface area contributed by atoms with Gasteiger partial charge in [-0.05, 0) is 6.42 Å².